The van der Waals surface area contributed by atoms with Gasteiger partial charge in [-0.2, -0.15) is 0 Å². The van der Waals surface area contributed by atoms with E-state index in [1.54, 1.807) is 19.2 Å². The van der Waals surface area contributed by atoms with Crippen molar-refractivity contribution in [1.29, 1.82) is 0 Å². The molecule has 1 aliphatic heterocycles. The van der Waals surface area contributed by atoms with Crippen molar-refractivity contribution in [2.75, 3.05) is 23.8 Å². The SMILES string of the molecule is [C-]#[N+]c1c(F)ccc2c1CN(CC)c1ccn3nc(N)c(c3n1)C(=O)OC[C@@H](C)O2. The molecule has 1 aromatic carbocycles. The highest BCUT2D eigenvalue weighted by Crippen LogP contribution is 2.35. The summed E-state index contributed by atoms with van der Waals surface area (Å²) < 4.78 is 27.0. The Bertz CT molecular complexity index is 1190. The van der Waals surface area contributed by atoms with Crippen LogP contribution >= 0.6 is 0 Å². The van der Waals surface area contributed by atoms with Crippen LogP contribution in [-0.2, 0) is 11.3 Å². The average Bonchev–Trinajstić information content (AvgIpc) is 3.06. The van der Waals surface area contributed by atoms with Crippen molar-refractivity contribution >= 4 is 28.9 Å². The van der Waals surface area contributed by atoms with Crippen molar-refractivity contribution in [3.8, 4) is 5.75 Å². The highest BCUT2D eigenvalue weighted by Gasteiger charge is 2.25. The molecule has 0 amide bonds. The van der Waals surface area contributed by atoms with Crippen LogP contribution in [0.15, 0.2) is 24.4 Å². The molecule has 2 aromatic heterocycles. The molecule has 4 rings (SSSR count). The largest absolute Gasteiger partial charge is 0.488 e. The Hall–Kier alpha value is -3.87. The highest BCUT2D eigenvalue weighted by molar-refractivity contribution is 6.00. The van der Waals surface area contributed by atoms with Gasteiger partial charge >= 0.3 is 5.97 Å². The number of esters is 1. The molecule has 9 nitrogen and oxygen atoms in total. The number of rotatable bonds is 1. The molecule has 0 spiro atoms. The minimum atomic E-state index is -0.661. The zero-order valence-electron chi connectivity index (χ0n) is 16.4. The second-order valence-electron chi connectivity index (χ2n) is 6.84. The van der Waals surface area contributed by atoms with E-state index in [9.17, 15) is 9.18 Å². The third-order valence-electron chi connectivity index (χ3n) is 4.84. The molecule has 2 N–H and O–H groups in total. The predicted molar refractivity (Wildman–Crippen MR) is 107 cm³/mol. The number of benzene rings is 1. The van der Waals surface area contributed by atoms with Gasteiger partial charge in [-0.25, -0.2) is 23.5 Å². The number of aromatic nitrogens is 3. The van der Waals surface area contributed by atoms with Crippen LogP contribution in [0.1, 0.15) is 29.8 Å². The zero-order valence-corrected chi connectivity index (χ0v) is 16.4. The molecule has 0 radical (unpaired) electrons. The number of carbonyl (C=O) groups excluding carboxylic acids is 1. The lowest BCUT2D eigenvalue weighted by atomic mass is 10.1. The number of fused-ring (bicyclic) bond motifs is 2. The Morgan fingerprint density at radius 3 is 2.93 bits per heavy atom. The van der Waals surface area contributed by atoms with Crippen LogP contribution in [0.25, 0.3) is 10.5 Å². The van der Waals surface area contributed by atoms with Gasteiger partial charge in [0.05, 0.1) is 6.57 Å². The van der Waals surface area contributed by atoms with E-state index in [1.165, 1.54) is 16.6 Å². The molecule has 0 unspecified atom stereocenters. The van der Waals surface area contributed by atoms with Gasteiger partial charge in [-0.05, 0) is 32.0 Å². The summed E-state index contributed by atoms with van der Waals surface area (Å²) in [5, 5.41) is 4.11. The zero-order chi connectivity index (χ0) is 21.4. The summed E-state index contributed by atoms with van der Waals surface area (Å²) in [5.41, 5.74) is 6.55. The second kappa shape index (κ2) is 7.51. The van der Waals surface area contributed by atoms with Crippen molar-refractivity contribution < 1.29 is 18.7 Å². The maximum Gasteiger partial charge on any atom is 0.346 e. The van der Waals surface area contributed by atoms with Gasteiger partial charge in [0.25, 0.3) is 0 Å². The molecule has 2 bridgehead atoms. The van der Waals surface area contributed by atoms with Gasteiger partial charge < -0.3 is 20.1 Å². The van der Waals surface area contributed by atoms with Crippen LogP contribution in [0.4, 0.5) is 21.7 Å². The first-order valence-electron chi connectivity index (χ1n) is 9.35. The third kappa shape index (κ3) is 3.24. The lowest BCUT2D eigenvalue weighted by Gasteiger charge is -2.25. The summed E-state index contributed by atoms with van der Waals surface area (Å²) in [4.78, 5) is 22.4. The van der Waals surface area contributed by atoms with Crippen LogP contribution in [0, 0.1) is 12.4 Å². The monoisotopic (exact) mass is 410 g/mol. The molecule has 154 valence electrons. The maximum atomic E-state index is 14.3. The topological polar surface area (TPSA) is 99.3 Å². The van der Waals surface area contributed by atoms with Crippen molar-refractivity contribution in [3.63, 3.8) is 0 Å². The summed E-state index contributed by atoms with van der Waals surface area (Å²) in [6.45, 7) is 11.7. The molecule has 3 heterocycles. The highest BCUT2D eigenvalue weighted by atomic mass is 19.1. The van der Waals surface area contributed by atoms with Crippen molar-refractivity contribution in [1.82, 2.24) is 14.6 Å². The first kappa shape index (κ1) is 19.4. The number of nitrogens with two attached hydrogens (primary N) is 1. The van der Waals surface area contributed by atoms with Crippen LogP contribution in [0.3, 0.4) is 0 Å². The number of carbonyl (C=O) groups is 1. The van der Waals surface area contributed by atoms with E-state index in [0.717, 1.165) is 0 Å². The standard InChI is InChI=1S/C20H19FN6O3/c1-4-26-9-12-14(6-5-13(21)17(12)23-3)30-11(2)10-29-20(28)16-18(22)25-27-8-7-15(26)24-19(16)27/h5-8,11H,4,9-10H2,1-2H3,(H2,22,25)/t11-/m1/s1. The molecular formula is C20H19FN6O3. The third-order valence-corrected chi connectivity index (χ3v) is 4.84. The summed E-state index contributed by atoms with van der Waals surface area (Å²) in [6.07, 6.45) is 1.09. The van der Waals surface area contributed by atoms with Crippen LogP contribution in [0.5, 0.6) is 5.75 Å². The Balaban J connectivity index is 1.92. The molecule has 30 heavy (non-hydrogen) atoms. The number of halogens is 1. The van der Waals surface area contributed by atoms with Gasteiger partial charge in [0, 0.05) is 24.8 Å². The van der Waals surface area contributed by atoms with Gasteiger partial charge in [0.15, 0.2) is 11.5 Å². The van der Waals surface area contributed by atoms with E-state index in [2.05, 4.69) is 14.9 Å². The molecular weight excluding hydrogens is 391 g/mol. The van der Waals surface area contributed by atoms with Crippen LogP contribution in [-0.4, -0.2) is 39.8 Å². The normalized spacial score (nSPS) is 16.7. The molecule has 0 aliphatic carbocycles. The van der Waals surface area contributed by atoms with E-state index >= 15 is 0 Å². The fourth-order valence-corrected chi connectivity index (χ4v) is 3.34. The first-order valence-corrected chi connectivity index (χ1v) is 9.35. The first-order chi connectivity index (χ1) is 14.4. The number of nitrogens with zero attached hydrogens (tertiary/aromatic N) is 5. The molecule has 10 heteroatoms. The van der Waals surface area contributed by atoms with Gasteiger partial charge in [0.2, 0.25) is 5.69 Å². The number of cyclic esters (lactones) is 1. The van der Waals surface area contributed by atoms with Crippen LogP contribution < -0.4 is 15.4 Å². The Morgan fingerprint density at radius 1 is 1.40 bits per heavy atom. The Kier molecular flexibility index (Phi) is 4.87. The maximum absolute atomic E-state index is 14.3. The van der Waals surface area contributed by atoms with E-state index in [-0.39, 0.29) is 35.9 Å². The molecule has 1 aliphatic rings. The van der Waals surface area contributed by atoms with Crippen molar-refractivity contribution in [3.05, 3.63) is 52.8 Å². The van der Waals surface area contributed by atoms with Crippen LogP contribution in [0.2, 0.25) is 0 Å². The van der Waals surface area contributed by atoms with E-state index in [0.29, 0.717) is 23.7 Å². The van der Waals surface area contributed by atoms with E-state index < -0.39 is 17.9 Å². The Morgan fingerprint density at radius 2 is 2.20 bits per heavy atom. The minimum Gasteiger partial charge on any atom is -0.488 e. The molecule has 0 fully saturated rings. The number of hydrogen-bond acceptors (Lipinski definition) is 7. The minimum absolute atomic E-state index is 0.0109. The number of hydrogen-bond donors (Lipinski definition) is 1. The van der Waals surface area contributed by atoms with E-state index in [4.69, 9.17) is 21.8 Å². The summed E-state index contributed by atoms with van der Waals surface area (Å²) >= 11 is 0. The average molecular weight is 410 g/mol. The number of anilines is 2. The summed E-state index contributed by atoms with van der Waals surface area (Å²) in [6, 6.07) is 4.38. The van der Waals surface area contributed by atoms with E-state index in [1.807, 2.05) is 11.8 Å². The van der Waals surface area contributed by atoms with Gasteiger partial charge in [0.1, 0.15) is 35.7 Å². The number of nitrogen functional groups attached to an aromatic ring is 1. The number of ether oxygens (including phenoxy) is 2. The van der Waals surface area contributed by atoms with Gasteiger partial charge in [-0.15, -0.1) is 5.10 Å². The lowest BCUT2D eigenvalue weighted by Crippen LogP contribution is -2.25. The molecule has 0 saturated carbocycles. The van der Waals surface area contributed by atoms with Crippen molar-refractivity contribution in [2.45, 2.75) is 26.5 Å². The lowest BCUT2D eigenvalue weighted by molar-refractivity contribution is 0.0343. The van der Waals surface area contributed by atoms with Gasteiger partial charge in [-0.1, -0.05) is 0 Å². The molecule has 1 atom stereocenters. The molecule has 0 saturated heterocycles. The fraction of sp³-hybridized carbons (Fsp3) is 0.300. The predicted octanol–water partition coefficient (Wildman–Crippen LogP) is 2.97. The van der Waals surface area contributed by atoms with Crippen molar-refractivity contribution in [2.24, 2.45) is 0 Å². The summed E-state index contributed by atoms with van der Waals surface area (Å²) in [7, 11) is 0. The second-order valence-corrected chi connectivity index (χ2v) is 6.84. The van der Waals surface area contributed by atoms with Gasteiger partial charge in [-0.3, -0.25) is 0 Å². The smallest absolute Gasteiger partial charge is 0.346 e. The Labute approximate surface area is 171 Å². The fourth-order valence-electron chi connectivity index (χ4n) is 3.34. The quantitative estimate of drug-likeness (QED) is 0.486. The summed E-state index contributed by atoms with van der Waals surface area (Å²) in [5.74, 6) is -0.409. The molecule has 3 aromatic rings.